The lowest BCUT2D eigenvalue weighted by Gasteiger charge is -2.05. The highest BCUT2D eigenvalue weighted by atomic mass is 32.2. The molecule has 0 aliphatic heterocycles. The van der Waals surface area contributed by atoms with Crippen molar-refractivity contribution in [2.24, 2.45) is 5.73 Å². The summed E-state index contributed by atoms with van der Waals surface area (Å²) >= 11 is 1.76. The Balaban J connectivity index is 2.67. The lowest BCUT2D eigenvalue weighted by atomic mass is 10.2. The van der Waals surface area contributed by atoms with Crippen LogP contribution >= 0.6 is 11.8 Å². The molecule has 0 spiro atoms. The van der Waals surface area contributed by atoms with E-state index < -0.39 is 0 Å². The summed E-state index contributed by atoms with van der Waals surface area (Å²) in [6.45, 7) is 0.920. The molecule has 96 valence electrons. The molecule has 0 unspecified atom stereocenters. The van der Waals surface area contributed by atoms with Crippen LogP contribution in [0.1, 0.15) is 22.5 Å². The first-order chi connectivity index (χ1) is 8.79. The standard InChI is InChI=1S/C13H17N3OS/c1-18-10-4-9-16-13(17)12-11(5-2-7-14)6-3-8-15-12/h3,6,8H,4,7,9-10,14H2,1H3,(H,16,17). The average Bonchev–Trinajstić information content (AvgIpc) is 2.41. The van der Waals surface area contributed by atoms with Crippen molar-refractivity contribution in [3.05, 3.63) is 29.6 Å². The van der Waals surface area contributed by atoms with Gasteiger partial charge in [-0.15, -0.1) is 0 Å². The first-order valence-electron chi connectivity index (χ1n) is 5.70. The van der Waals surface area contributed by atoms with Gasteiger partial charge in [-0.05, 0) is 30.6 Å². The summed E-state index contributed by atoms with van der Waals surface area (Å²) < 4.78 is 0. The summed E-state index contributed by atoms with van der Waals surface area (Å²) in [7, 11) is 0. The van der Waals surface area contributed by atoms with Gasteiger partial charge in [-0.2, -0.15) is 11.8 Å². The molecule has 0 atom stereocenters. The molecule has 0 saturated heterocycles. The number of amides is 1. The van der Waals surface area contributed by atoms with Crippen molar-refractivity contribution < 1.29 is 4.79 Å². The zero-order valence-corrected chi connectivity index (χ0v) is 11.2. The number of thioether (sulfide) groups is 1. The molecule has 0 aliphatic rings. The molecule has 1 amide bonds. The molecule has 0 bridgehead atoms. The number of rotatable bonds is 5. The van der Waals surface area contributed by atoms with Gasteiger partial charge >= 0.3 is 0 Å². The van der Waals surface area contributed by atoms with E-state index in [0.717, 1.165) is 12.2 Å². The van der Waals surface area contributed by atoms with Gasteiger partial charge in [-0.3, -0.25) is 4.79 Å². The third kappa shape index (κ3) is 4.78. The van der Waals surface area contributed by atoms with E-state index in [9.17, 15) is 4.79 Å². The van der Waals surface area contributed by atoms with E-state index >= 15 is 0 Å². The van der Waals surface area contributed by atoms with Crippen LogP contribution in [0.25, 0.3) is 0 Å². The van der Waals surface area contributed by atoms with Crippen molar-refractivity contribution in [1.29, 1.82) is 0 Å². The second-order valence-corrected chi connectivity index (χ2v) is 4.49. The Morgan fingerprint density at radius 3 is 3.17 bits per heavy atom. The Hall–Kier alpha value is -1.51. The Morgan fingerprint density at radius 2 is 2.44 bits per heavy atom. The molecule has 1 aromatic rings. The molecule has 0 radical (unpaired) electrons. The predicted octanol–water partition coefficient (Wildman–Crippen LogP) is 0.875. The number of pyridine rings is 1. The van der Waals surface area contributed by atoms with Crippen LogP contribution in [0.15, 0.2) is 18.3 Å². The van der Waals surface area contributed by atoms with E-state index in [1.165, 1.54) is 0 Å². The highest BCUT2D eigenvalue weighted by Gasteiger charge is 2.10. The van der Waals surface area contributed by atoms with Crippen LogP contribution in [0, 0.1) is 11.8 Å². The minimum absolute atomic E-state index is 0.182. The van der Waals surface area contributed by atoms with Crippen LogP contribution in [-0.2, 0) is 0 Å². The number of carbonyl (C=O) groups is 1. The van der Waals surface area contributed by atoms with Crippen LogP contribution in [-0.4, -0.2) is 36.0 Å². The molecular weight excluding hydrogens is 246 g/mol. The third-order valence-electron chi connectivity index (χ3n) is 2.16. The number of hydrogen-bond acceptors (Lipinski definition) is 4. The summed E-state index contributed by atoms with van der Waals surface area (Å²) in [6, 6.07) is 3.53. The number of nitrogens with zero attached hydrogens (tertiary/aromatic N) is 1. The largest absolute Gasteiger partial charge is 0.351 e. The first-order valence-corrected chi connectivity index (χ1v) is 7.10. The van der Waals surface area contributed by atoms with Gasteiger partial charge in [0.15, 0.2) is 0 Å². The van der Waals surface area contributed by atoms with Crippen LogP contribution in [0.2, 0.25) is 0 Å². The van der Waals surface area contributed by atoms with Crippen molar-refractivity contribution in [3.8, 4) is 11.8 Å². The Kier molecular flexibility index (Phi) is 6.92. The second-order valence-electron chi connectivity index (χ2n) is 3.51. The Labute approximate surface area is 112 Å². The minimum atomic E-state index is -0.182. The molecule has 5 heteroatoms. The molecular formula is C13H17N3OS. The fourth-order valence-electron chi connectivity index (χ4n) is 1.34. The molecule has 18 heavy (non-hydrogen) atoms. The van der Waals surface area contributed by atoms with Crippen LogP contribution in [0.3, 0.4) is 0 Å². The van der Waals surface area contributed by atoms with Gasteiger partial charge in [0.2, 0.25) is 0 Å². The van der Waals surface area contributed by atoms with Gasteiger partial charge < -0.3 is 11.1 Å². The summed E-state index contributed by atoms with van der Waals surface area (Å²) in [4.78, 5) is 16.0. The van der Waals surface area contributed by atoms with Crippen molar-refractivity contribution in [2.45, 2.75) is 6.42 Å². The number of nitrogens with one attached hydrogen (secondary N) is 1. The predicted molar refractivity (Wildman–Crippen MR) is 75.5 cm³/mol. The molecule has 1 heterocycles. The van der Waals surface area contributed by atoms with Gasteiger partial charge in [-0.25, -0.2) is 4.98 Å². The second kappa shape index (κ2) is 8.56. The maximum absolute atomic E-state index is 11.9. The molecule has 0 aromatic carbocycles. The lowest BCUT2D eigenvalue weighted by molar-refractivity contribution is 0.0948. The number of nitrogens with two attached hydrogens (primary N) is 1. The van der Waals surface area contributed by atoms with Crippen molar-refractivity contribution in [1.82, 2.24) is 10.3 Å². The Bertz CT molecular complexity index is 451. The summed E-state index contributed by atoms with van der Waals surface area (Å²) in [5.41, 5.74) is 6.30. The van der Waals surface area contributed by atoms with Crippen LogP contribution in [0.4, 0.5) is 0 Å². The molecule has 0 fully saturated rings. The SMILES string of the molecule is CSCCCNC(=O)c1ncccc1C#CCN. The summed E-state index contributed by atoms with van der Waals surface area (Å²) in [6.07, 6.45) is 4.58. The van der Waals surface area contributed by atoms with Gasteiger partial charge in [0.1, 0.15) is 5.69 Å². The van der Waals surface area contributed by atoms with Crippen LogP contribution < -0.4 is 11.1 Å². The fourth-order valence-corrected chi connectivity index (χ4v) is 1.77. The number of carbonyl (C=O) groups excluding carboxylic acids is 1. The summed E-state index contributed by atoms with van der Waals surface area (Å²) in [5, 5.41) is 2.84. The average molecular weight is 263 g/mol. The smallest absolute Gasteiger partial charge is 0.271 e. The van der Waals surface area contributed by atoms with Crippen molar-refractivity contribution in [3.63, 3.8) is 0 Å². The molecule has 0 aliphatic carbocycles. The Morgan fingerprint density at radius 1 is 1.61 bits per heavy atom. The van der Waals surface area contributed by atoms with E-state index in [1.807, 2.05) is 6.26 Å². The van der Waals surface area contributed by atoms with Crippen molar-refractivity contribution in [2.75, 3.05) is 25.1 Å². The molecule has 4 nitrogen and oxygen atoms in total. The van der Waals surface area contributed by atoms with E-state index in [1.54, 1.807) is 30.1 Å². The normalized spacial score (nSPS) is 9.44. The summed E-state index contributed by atoms with van der Waals surface area (Å²) in [5.74, 6) is 6.43. The van der Waals surface area contributed by atoms with Gasteiger partial charge in [0, 0.05) is 12.7 Å². The maximum Gasteiger partial charge on any atom is 0.271 e. The van der Waals surface area contributed by atoms with E-state index in [4.69, 9.17) is 5.73 Å². The zero-order valence-electron chi connectivity index (χ0n) is 10.4. The molecule has 1 aromatic heterocycles. The van der Waals surface area contributed by atoms with E-state index in [2.05, 4.69) is 22.1 Å². The minimum Gasteiger partial charge on any atom is -0.351 e. The van der Waals surface area contributed by atoms with Gasteiger partial charge in [0.05, 0.1) is 12.1 Å². The fraction of sp³-hybridized carbons (Fsp3) is 0.385. The monoisotopic (exact) mass is 263 g/mol. The first kappa shape index (κ1) is 14.6. The lowest BCUT2D eigenvalue weighted by Crippen LogP contribution is -2.26. The maximum atomic E-state index is 11.9. The van der Waals surface area contributed by atoms with E-state index in [0.29, 0.717) is 17.8 Å². The quantitative estimate of drug-likeness (QED) is 0.611. The number of aromatic nitrogens is 1. The molecule has 1 rings (SSSR count). The highest BCUT2D eigenvalue weighted by molar-refractivity contribution is 7.98. The van der Waals surface area contributed by atoms with Crippen molar-refractivity contribution >= 4 is 17.7 Å². The molecule has 3 N–H and O–H groups in total. The van der Waals surface area contributed by atoms with Gasteiger partial charge in [0.25, 0.3) is 5.91 Å². The third-order valence-corrected chi connectivity index (χ3v) is 2.86. The zero-order chi connectivity index (χ0) is 13.2. The van der Waals surface area contributed by atoms with E-state index in [-0.39, 0.29) is 12.5 Å². The van der Waals surface area contributed by atoms with Gasteiger partial charge in [-0.1, -0.05) is 11.8 Å². The number of hydrogen-bond donors (Lipinski definition) is 2. The van der Waals surface area contributed by atoms with Crippen LogP contribution in [0.5, 0.6) is 0 Å². The highest BCUT2D eigenvalue weighted by Crippen LogP contribution is 2.03. The molecule has 0 saturated carbocycles. The topological polar surface area (TPSA) is 68.0 Å².